The van der Waals surface area contributed by atoms with Crippen LogP contribution >= 0.6 is 0 Å². The second kappa shape index (κ2) is 13.2. The summed E-state index contributed by atoms with van der Waals surface area (Å²) in [5, 5.41) is 10.8. The topological polar surface area (TPSA) is 86.0 Å². The molecule has 0 spiro atoms. The molecule has 6 heteroatoms. The highest BCUT2D eigenvalue weighted by Gasteiger charge is 2.44. The van der Waals surface area contributed by atoms with Gasteiger partial charge in [-0.1, -0.05) is 63.3 Å². The number of benzene rings is 2. The number of furan rings is 1. The van der Waals surface area contributed by atoms with E-state index in [0.29, 0.717) is 28.9 Å². The molecule has 3 aromatic rings. The van der Waals surface area contributed by atoms with Crippen LogP contribution in [-0.2, 0) is 14.3 Å². The highest BCUT2D eigenvalue weighted by Crippen LogP contribution is 2.33. The summed E-state index contributed by atoms with van der Waals surface area (Å²) in [7, 11) is 0. The molecule has 1 aliphatic rings. The van der Waals surface area contributed by atoms with E-state index in [9.17, 15) is 14.7 Å². The number of aliphatic hydroxyl groups excluding tert-OH is 1. The molecule has 1 saturated heterocycles. The molecule has 6 nitrogen and oxygen atoms in total. The number of aryl methyl sites for hydroxylation is 1. The van der Waals surface area contributed by atoms with Crippen LogP contribution in [0.15, 0.2) is 64.6 Å². The fraction of sp³-hybridized carbons (Fsp3) is 0.429. The van der Waals surface area contributed by atoms with E-state index in [2.05, 4.69) is 39.5 Å². The molecule has 0 unspecified atom stereocenters. The van der Waals surface area contributed by atoms with E-state index in [4.69, 9.17) is 13.9 Å². The van der Waals surface area contributed by atoms with Gasteiger partial charge in [-0.15, -0.1) is 0 Å². The maximum atomic E-state index is 12.9. The van der Waals surface area contributed by atoms with Crippen LogP contribution in [0.25, 0.3) is 11.0 Å². The van der Waals surface area contributed by atoms with Crippen LogP contribution in [0, 0.1) is 36.5 Å². The number of fused-ring (bicyclic) bond motifs is 1. The lowest BCUT2D eigenvalue weighted by Crippen LogP contribution is -2.39. The van der Waals surface area contributed by atoms with Gasteiger partial charge in [0, 0.05) is 28.5 Å². The zero-order chi connectivity index (χ0) is 29.6. The normalized spacial score (nSPS) is 17.9. The minimum Gasteiger partial charge on any atom is -0.455 e. The zero-order valence-corrected chi connectivity index (χ0v) is 24.7. The predicted octanol–water partition coefficient (Wildman–Crippen LogP) is 7.00. The van der Waals surface area contributed by atoms with Gasteiger partial charge in [0.05, 0.1) is 6.61 Å². The van der Waals surface area contributed by atoms with Crippen molar-refractivity contribution in [2.24, 2.45) is 17.8 Å². The smallest absolute Gasteiger partial charge is 0.374 e. The second-order valence-corrected chi connectivity index (χ2v) is 12.1. The van der Waals surface area contributed by atoms with Crippen LogP contribution in [-0.4, -0.2) is 35.9 Å². The molecular formula is C35H40O6. The van der Waals surface area contributed by atoms with Crippen LogP contribution in [0.4, 0.5) is 0 Å². The standard InChI is InChI=1S/C35H40O6/c1-23(2)16-28(17-24(3)4)12-14-29-20-35(21-36,41-33(29)37)22-39-34(38)32-19-30-18-27(13-15-31(30)40-32)11-10-26-8-6-25(5)7-9-26/h6-9,13-15,18-19,23-24,28,36H,12,16-17,20-22H2,1-5H3/b29-14+/t35-/m1/s1. The molecule has 41 heavy (non-hydrogen) atoms. The number of hydrogen-bond acceptors (Lipinski definition) is 6. The summed E-state index contributed by atoms with van der Waals surface area (Å²) in [4.78, 5) is 25.5. The Kier molecular flexibility index (Phi) is 9.73. The van der Waals surface area contributed by atoms with Gasteiger partial charge < -0.3 is 19.0 Å². The first-order chi connectivity index (χ1) is 19.6. The molecule has 1 N–H and O–H groups in total. The van der Waals surface area contributed by atoms with Gasteiger partial charge in [-0.2, -0.15) is 0 Å². The third-order valence-electron chi connectivity index (χ3n) is 7.27. The Hall–Kier alpha value is -3.82. The molecular weight excluding hydrogens is 516 g/mol. The average Bonchev–Trinajstić information content (AvgIpc) is 3.50. The number of rotatable bonds is 10. The molecule has 2 heterocycles. The van der Waals surface area contributed by atoms with Crippen molar-refractivity contribution in [2.75, 3.05) is 13.2 Å². The Labute approximate surface area is 242 Å². The van der Waals surface area contributed by atoms with E-state index < -0.39 is 24.1 Å². The fourth-order valence-corrected chi connectivity index (χ4v) is 5.29. The first kappa shape index (κ1) is 30.1. The summed E-state index contributed by atoms with van der Waals surface area (Å²) in [5.74, 6) is 6.76. The number of allylic oxidation sites excluding steroid dienone is 1. The summed E-state index contributed by atoms with van der Waals surface area (Å²) >= 11 is 0. The van der Waals surface area contributed by atoms with E-state index in [1.807, 2.05) is 49.4 Å². The lowest BCUT2D eigenvalue weighted by molar-refractivity contribution is -0.154. The molecule has 1 fully saturated rings. The number of ether oxygens (including phenoxy) is 2. The van der Waals surface area contributed by atoms with Gasteiger partial charge in [0.15, 0.2) is 5.60 Å². The molecule has 1 atom stereocenters. The minimum absolute atomic E-state index is 0.0297. The van der Waals surface area contributed by atoms with Gasteiger partial charge >= 0.3 is 11.9 Å². The number of carbonyl (C=O) groups is 2. The summed E-state index contributed by atoms with van der Waals surface area (Å²) in [5.41, 5.74) is 2.64. The van der Waals surface area contributed by atoms with Crippen molar-refractivity contribution in [1.29, 1.82) is 0 Å². The van der Waals surface area contributed by atoms with Gasteiger partial charge in [-0.3, -0.25) is 0 Å². The average molecular weight is 557 g/mol. The molecule has 0 aliphatic carbocycles. The number of hydrogen-bond donors (Lipinski definition) is 1. The third kappa shape index (κ3) is 8.11. The van der Waals surface area contributed by atoms with E-state index in [1.54, 1.807) is 12.1 Å². The first-order valence-electron chi connectivity index (χ1n) is 14.4. The fourth-order valence-electron chi connectivity index (χ4n) is 5.29. The van der Waals surface area contributed by atoms with E-state index in [0.717, 1.165) is 35.8 Å². The molecule has 0 amide bonds. The second-order valence-electron chi connectivity index (χ2n) is 12.1. The van der Waals surface area contributed by atoms with E-state index in [-0.39, 0.29) is 18.8 Å². The van der Waals surface area contributed by atoms with Crippen LogP contribution in [0.3, 0.4) is 0 Å². The molecule has 216 valence electrons. The molecule has 4 rings (SSSR count). The number of cyclic esters (lactones) is 1. The van der Waals surface area contributed by atoms with Crippen molar-refractivity contribution < 1.29 is 28.6 Å². The quantitative estimate of drug-likeness (QED) is 0.164. The minimum atomic E-state index is -1.30. The maximum absolute atomic E-state index is 12.9. The van der Waals surface area contributed by atoms with Crippen molar-refractivity contribution in [1.82, 2.24) is 0 Å². The van der Waals surface area contributed by atoms with Crippen molar-refractivity contribution in [3.8, 4) is 11.8 Å². The van der Waals surface area contributed by atoms with Crippen molar-refractivity contribution in [3.05, 3.63) is 82.6 Å². The van der Waals surface area contributed by atoms with Crippen molar-refractivity contribution >= 4 is 22.9 Å². The maximum Gasteiger partial charge on any atom is 0.374 e. The van der Waals surface area contributed by atoms with Crippen molar-refractivity contribution in [2.45, 2.75) is 65.9 Å². The van der Waals surface area contributed by atoms with Gasteiger partial charge in [0.1, 0.15) is 12.2 Å². The van der Waals surface area contributed by atoms with Gasteiger partial charge in [0.2, 0.25) is 5.76 Å². The highest BCUT2D eigenvalue weighted by atomic mass is 16.6. The van der Waals surface area contributed by atoms with Gasteiger partial charge in [-0.05, 0) is 80.3 Å². The lowest BCUT2D eigenvalue weighted by atomic mass is 9.86. The SMILES string of the molecule is Cc1ccc(C#Cc2ccc3oc(C(=O)OC[C@]4(CO)C/C(=C\CC(CC(C)C)CC(C)C)C(=O)O4)cc3c2)cc1. The molecule has 0 radical (unpaired) electrons. The number of esters is 2. The van der Waals surface area contributed by atoms with Crippen LogP contribution in [0.1, 0.15) is 80.6 Å². The molecule has 0 bridgehead atoms. The Balaban J connectivity index is 1.40. The summed E-state index contributed by atoms with van der Waals surface area (Å²) < 4.78 is 16.7. The van der Waals surface area contributed by atoms with E-state index in [1.165, 1.54) is 5.56 Å². The molecule has 2 aromatic carbocycles. The summed E-state index contributed by atoms with van der Waals surface area (Å²) in [6.07, 6.45) is 5.07. The predicted molar refractivity (Wildman–Crippen MR) is 159 cm³/mol. The highest BCUT2D eigenvalue weighted by molar-refractivity contribution is 5.93. The summed E-state index contributed by atoms with van der Waals surface area (Å²) in [6.45, 7) is 10.1. The first-order valence-corrected chi connectivity index (χ1v) is 14.4. The Morgan fingerprint density at radius 1 is 1.02 bits per heavy atom. The van der Waals surface area contributed by atoms with Crippen LogP contribution in [0.2, 0.25) is 0 Å². The number of carbonyl (C=O) groups excluding carboxylic acids is 2. The van der Waals surface area contributed by atoms with Gasteiger partial charge in [0.25, 0.3) is 0 Å². The molecule has 1 aliphatic heterocycles. The third-order valence-corrected chi connectivity index (χ3v) is 7.27. The Morgan fingerprint density at radius 2 is 1.68 bits per heavy atom. The van der Waals surface area contributed by atoms with Crippen molar-refractivity contribution in [3.63, 3.8) is 0 Å². The summed E-state index contributed by atoms with van der Waals surface area (Å²) in [6, 6.07) is 15.0. The Morgan fingerprint density at radius 3 is 2.34 bits per heavy atom. The molecule has 1 aromatic heterocycles. The van der Waals surface area contributed by atoms with Gasteiger partial charge in [-0.25, -0.2) is 9.59 Å². The lowest BCUT2D eigenvalue weighted by Gasteiger charge is -2.23. The van der Waals surface area contributed by atoms with E-state index >= 15 is 0 Å². The Bertz CT molecular complexity index is 1450. The zero-order valence-electron chi connectivity index (χ0n) is 24.7. The monoisotopic (exact) mass is 556 g/mol. The largest absolute Gasteiger partial charge is 0.455 e. The van der Waals surface area contributed by atoms with Crippen LogP contribution < -0.4 is 0 Å². The van der Waals surface area contributed by atoms with Crippen LogP contribution in [0.5, 0.6) is 0 Å². The number of aliphatic hydroxyl groups is 1. The molecule has 0 saturated carbocycles.